The topological polar surface area (TPSA) is 130 Å². The summed E-state index contributed by atoms with van der Waals surface area (Å²) in [5.41, 5.74) is 0.629. The molecule has 2 bridgehead atoms. The van der Waals surface area contributed by atoms with Gasteiger partial charge in [0.1, 0.15) is 36.8 Å². The fourth-order valence-corrected chi connectivity index (χ4v) is 4.47. The minimum atomic E-state index is -1.73. The number of halogens is 1. The monoisotopic (exact) mass is 493 g/mol. The smallest absolute Gasteiger partial charge is 0.225 e. The molecule has 2 aromatic rings. The summed E-state index contributed by atoms with van der Waals surface area (Å²) < 4.78 is 17.4. The van der Waals surface area contributed by atoms with Gasteiger partial charge in [-0.2, -0.15) is 0 Å². The third kappa shape index (κ3) is 4.52. The van der Waals surface area contributed by atoms with E-state index in [9.17, 15) is 20.4 Å². The highest BCUT2D eigenvalue weighted by Crippen LogP contribution is 2.49. The maximum absolute atomic E-state index is 10.7. The van der Waals surface area contributed by atoms with E-state index < -0.39 is 36.3 Å². The summed E-state index contributed by atoms with van der Waals surface area (Å²) in [5.74, 6) is -1.01. The molecule has 2 fully saturated rings. The molecule has 2 aromatic carbocycles. The molecule has 5 atom stereocenters. The third-order valence-electron chi connectivity index (χ3n) is 6.19. The minimum absolute atomic E-state index is 0.185. The van der Waals surface area contributed by atoms with Crippen LogP contribution in [0.15, 0.2) is 47.6 Å². The van der Waals surface area contributed by atoms with Crippen LogP contribution in [0.4, 0.5) is 0 Å². The Balaban J connectivity index is 1.51. The van der Waals surface area contributed by atoms with Crippen LogP contribution in [-0.2, 0) is 26.5 Å². The Hall–Kier alpha value is -2.24. The lowest BCUT2D eigenvalue weighted by Crippen LogP contribution is -2.65. The van der Waals surface area contributed by atoms with Crippen LogP contribution in [0.1, 0.15) is 23.1 Å². The third-order valence-corrected chi connectivity index (χ3v) is 6.56. The van der Waals surface area contributed by atoms with Crippen molar-refractivity contribution in [2.75, 3.05) is 26.9 Å². The molecule has 2 saturated heterocycles. The van der Waals surface area contributed by atoms with Crippen LogP contribution in [0.25, 0.3) is 0 Å². The number of fused-ring (bicyclic) bond motifs is 2. The SMILES string of the molecule is CO/N=C/CCOc1ccc(Cc2cc([C@]34OC[C@](CO)(O3)[C@@H](O)[C@H](O)[C@H]4O)ccc2Cl)cc1. The zero-order chi connectivity index (χ0) is 24.3. The Kier molecular flexibility index (Phi) is 7.44. The van der Waals surface area contributed by atoms with Crippen LogP contribution in [0.5, 0.6) is 5.75 Å². The van der Waals surface area contributed by atoms with Gasteiger partial charge in [0.2, 0.25) is 5.79 Å². The van der Waals surface area contributed by atoms with Crippen LogP contribution >= 0.6 is 11.6 Å². The largest absolute Gasteiger partial charge is 0.493 e. The van der Waals surface area contributed by atoms with Crippen LogP contribution in [-0.4, -0.2) is 77.5 Å². The Morgan fingerprint density at radius 2 is 1.91 bits per heavy atom. The molecule has 2 heterocycles. The fraction of sp³-hybridized carbons (Fsp3) is 0.458. The second-order valence-electron chi connectivity index (χ2n) is 8.40. The predicted octanol–water partition coefficient (Wildman–Crippen LogP) is 1.36. The predicted molar refractivity (Wildman–Crippen MR) is 123 cm³/mol. The van der Waals surface area contributed by atoms with E-state index in [0.29, 0.717) is 30.0 Å². The molecule has 2 aliphatic rings. The van der Waals surface area contributed by atoms with Gasteiger partial charge in [-0.05, 0) is 41.8 Å². The molecule has 10 heteroatoms. The Labute approximate surface area is 202 Å². The fourth-order valence-electron chi connectivity index (χ4n) is 4.28. The van der Waals surface area contributed by atoms with Crippen molar-refractivity contribution in [2.45, 2.75) is 42.5 Å². The lowest BCUT2D eigenvalue weighted by atomic mass is 9.83. The molecule has 184 valence electrons. The number of hydrogen-bond acceptors (Lipinski definition) is 9. The molecular formula is C24H28ClNO8. The van der Waals surface area contributed by atoms with Crippen molar-refractivity contribution >= 4 is 17.8 Å². The van der Waals surface area contributed by atoms with Gasteiger partial charge in [0.25, 0.3) is 0 Å². The van der Waals surface area contributed by atoms with E-state index >= 15 is 0 Å². The number of ether oxygens (including phenoxy) is 3. The summed E-state index contributed by atoms with van der Waals surface area (Å²) in [6.07, 6.45) is -1.88. The van der Waals surface area contributed by atoms with Crippen molar-refractivity contribution in [3.05, 3.63) is 64.2 Å². The van der Waals surface area contributed by atoms with Crippen LogP contribution < -0.4 is 4.74 Å². The summed E-state index contributed by atoms with van der Waals surface area (Å²) >= 11 is 6.45. The van der Waals surface area contributed by atoms with Gasteiger partial charge >= 0.3 is 0 Å². The lowest BCUT2D eigenvalue weighted by Gasteiger charge is -2.46. The highest BCUT2D eigenvalue weighted by atomic mass is 35.5. The van der Waals surface area contributed by atoms with Crippen molar-refractivity contribution in [2.24, 2.45) is 5.16 Å². The van der Waals surface area contributed by atoms with Crippen molar-refractivity contribution in [1.82, 2.24) is 0 Å². The van der Waals surface area contributed by atoms with Gasteiger partial charge in [-0.15, -0.1) is 0 Å². The molecule has 0 radical (unpaired) electrons. The van der Waals surface area contributed by atoms with Gasteiger partial charge in [0, 0.05) is 23.2 Å². The Bertz CT molecular complexity index is 1020. The zero-order valence-corrected chi connectivity index (χ0v) is 19.4. The van der Waals surface area contributed by atoms with Gasteiger partial charge in [0.05, 0.1) is 19.8 Å². The molecule has 0 spiro atoms. The second kappa shape index (κ2) is 10.2. The molecule has 0 aliphatic carbocycles. The first-order valence-electron chi connectivity index (χ1n) is 10.9. The summed E-state index contributed by atoms with van der Waals surface area (Å²) in [6.45, 7) is -0.288. The summed E-state index contributed by atoms with van der Waals surface area (Å²) in [4.78, 5) is 4.60. The average molecular weight is 494 g/mol. The second-order valence-corrected chi connectivity index (χ2v) is 8.80. The molecule has 0 saturated carbocycles. The number of aliphatic hydroxyl groups excluding tert-OH is 4. The number of hydrogen-bond donors (Lipinski definition) is 4. The van der Waals surface area contributed by atoms with Gasteiger partial charge in [-0.25, -0.2) is 0 Å². The first kappa shape index (κ1) is 24.9. The van der Waals surface area contributed by atoms with Crippen LogP contribution in [0, 0.1) is 0 Å². The van der Waals surface area contributed by atoms with E-state index in [1.165, 1.54) is 7.11 Å². The van der Waals surface area contributed by atoms with Crippen LogP contribution in [0.3, 0.4) is 0 Å². The van der Waals surface area contributed by atoms with E-state index in [1.807, 2.05) is 24.3 Å². The molecule has 34 heavy (non-hydrogen) atoms. The summed E-state index contributed by atoms with van der Waals surface area (Å²) in [5, 5.41) is 45.5. The molecule has 2 aliphatic heterocycles. The summed E-state index contributed by atoms with van der Waals surface area (Å²) in [6, 6.07) is 12.6. The number of benzene rings is 2. The molecule has 0 amide bonds. The highest BCUT2D eigenvalue weighted by molar-refractivity contribution is 6.31. The maximum atomic E-state index is 10.7. The molecule has 9 nitrogen and oxygen atoms in total. The molecular weight excluding hydrogens is 466 g/mol. The number of rotatable bonds is 9. The standard InChI is InChI=1S/C24H28ClNO8/c1-31-26-9-2-10-32-18-6-3-15(4-7-18)11-16-12-17(5-8-19(16)25)24-22(30)20(28)21(29)23(13-27,34-24)14-33-24/h3-9,12,20-22,27-30H,2,10-11,13-14H2,1H3/b26-9+/t20-,21-,22+,23-,24-/m0/s1. The van der Waals surface area contributed by atoms with Gasteiger partial charge in [-0.3, -0.25) is 0 Å². The quantitative estimate of drug-likeness (QED) is 0.234. The van der Waals surface area contributed by atoms with Crippen molar-refractivity contribution in [1.29, 1.82) is 0 Å². The number of oxime groups is 1. The lowest BCUT2D eigenvalue weighted by molar-refractivity contribution is -0.329. The first-order valence-corrected chi connectivity index (χ1v) is 11.3. The van der Waals surface area contributed by atoms with E-state index in [1.54, 1.807) is 24.4 Å². The van der Waals surface area contributed by atoms with E-state index in [4.69, 9.17) is 25.8 Å². The summed E-state index contributed by atoms with van der Waals surface area (Å²) in [7, 11) is 1.48. The van der Waals surface area contributed by atoms with Crippen molar-refractivity contribution in [3.63, 3.8) is 0 Å². The van der Waals surface area contributed by atoms with E-state index in [-0.39, 0.29) is 6.61 Å². The van der Waals surface area contributed by atoms with Crippen LogP contribution in [0.2, 0.25) is 5.02 Å². The Morgan fingerprint density at radius 1 is 1.15 bits per heavy atom. The molecule has 4 rings (SSSR count). The number of nitrogens with zero attached hydrogens (tertiary/aromatic N) is 1. The van der Waals surface area contributed by atoms with Gasteiger partial charge < -0.3 is 39.5 Å². The van der Waals surface area contributed by atoms with Crippen molar-refractivity contribution in [3.8, 4) is 5.75 Å². The number of aliphatic hydroxyl groups is 4. The molecule has 0 aromatic heterocycles. The van der Waals surface area contributed by atoms with Gasteiger partial charge in [-0.1, -0.05) is 35.0 Å². The maximum Gasteiger partial charge on any atom is 0.225 e. The van der Waals surface area contributed by atoms with E-state index in [0.717, 1.165) is 16.9 Å². The minimum Gasteiger partial charge on any atom is -0.493 e. The molecule has 0 unspecified atom stereocenters. The normalized spacial score (nSPS) is 30.6. The zero-order valence-electron chi connectivity index (χ0n) is 18.6. The van der Waals surface area contributed by atoms with Crippen molar-refractivity contribution < 1.29 is 39.5 Å². The Morgan fingerprint density at radius 3 is 2.62 bits per heavy atom. The highest BCUT2D eigenvalue weighted by Gasteiger charge is 2.67. The molecule has 4 N–H and O–H groups in total. The van der Waals surface area contributed by atoms with E-state index in [2.05, 4.69) is 9.99 Å². The van der Waals surface area contributed by atoms with Gasteiger partial charge in [0.15, 0.2) is 0 Å². The first-order chi connectivity index (χ1) is 16.3. The average Bonchev–Trinajstić information content (AvgIpc) is 3.24.